The quantitative estimate of drug-likeness (QED) is 0.761. The van der Waals surface area contributed by atoms with Crippen LogP contribution in [0.1, 0.15) is 12.0 Å². The van der Waals surface area contributed by atoms with Crippen molar-refractivity contribution in [3.63, 3.8) is 0 Å². The molecular formula is C13H19N3O. The van der Waals surface area contributed by atoms with E-state index in [4.69, 9.17) is 16.2 Å². The average molecular weight is 233 g/mol. The summed E-state index contributed by atoms with van der Waals surface area (Å²) in [4.78, 5) is 2.27. The number of ether oxygens (including phenoxy) is 1. The molecule has 0 saturated heterocycles. The first-order chi connectivity index (χ1) is 8.13. The maximum atomic E-state index is 6.10. The smallest absolute Gasteiger partial charge is 0.165 e. The minimum absolute atomic E-state index is 0.585. The topological polar surface area (TPSA) is 64.5 Å². The molecule has 0 radical (unpaired) electrons. The van der Waals surface area contributed by atoms with E-state index in [-0.39, 0.29) is 0 Å². The normalized spacial score (nSPS) is 16.7. The molecular weight excluding hydrogens is 214 g/mol. The fraction of sp³-hybridized carbons (Fsp3) is 0.385. The van der Waals surface area contributed by atoms with Crippen molar-refractivity contribution in [2.75, 3.05) is 38.7 Å². The summed E-state index contributed by atoms with van der Waals surface area (Å²) in [7, 11) is 3.70. The first-order valence-electron chi connectivity index (χ1n) is 5.73. The molecule has 4 N–H and O–H groups in total. The lowest BCUT2D eigenvalue weighted by Crippen LogP contribution is -2.23. The Balaban J connectivity index is 2.40. The summed E-state index contributed by atoms with van der Waals surface area (Å²) in [6.45, 7) is 2.01. The Morgan fingerprint density at radius 2 is 2.06 bits per heavy atom. The third kappa shape index (κ3) is 2.22. The third-order valence-electron chi connectivity index (χ3n) is 3.19. The van der Waals surface area contributed by atoms with Crippen molar-refractivity contribution in [2.45, 2.75) is 6.42 Å². The number of benzene rings is 1. The Labute approximate surface area is 102 Å². The van der Waals surface area contributed by atoms with Gasteiger partial charge >= 0.3 is 0 Å². The minimum atomic E-state index is 0.585. The van der Waals surface area contributed by atoms with E-state index in [0.717, 1.165) is 25.1 Å². The van der Waals surface area contributed by atoms with Crippen LogP contribution in [0.3, 0.4) is 0 Å². The molecule has 0 amide bonds. The van der Waals surface area contributed by atoms with Crippen LogP contribution in [0.4, 0.5) is 11.4 Å². The molecule has 0 bridgehead atoms. The number of nitrogen functional groups attached to an aromatic ring is 2. The number of hydrogen-bond donors (Lipinski definition) is 2. The van der Waals surface area contributed by atoms with Crippen molar-refractivity contribution in [1.82, 2.24) is 4.90 Å². The zero-order chi connectivity index (χ0) is 12.4. The van der Waals surface area contributed by atoms with E-state index in [1.165, 1.54) is 5.57 Å². The Morgan fingerprint density at radius 1 is 1.29 bits per heavy atom. The zero-order valence-corrected chi connectivity index (χ0v) is 10.4. The van der Waals surface area contributed by atoms with E-state index in [2.05, 4.69) is 18.0 Å². The summed E-state index contributed by atoms with van der Waals surface area (Å²) in [5.74, 6) is 0.585. The number of methoxy groups -OCH3 is 1. The second-order valence-corrected chi connectivity index (χ2v) is 4.39. The number of anilines is 2. The summed E-state index contributed by atoms with van der Waals surface area (Å²) in [5.41, 5.74) is 15.5. The summed E-state index contributed by atoms with van der Waals surface area (Å²) >= 11 is 0. The lowest BCUT2D eigenvalue weighted by Gasteiger charge is -2.23. The molecule has 0 spiro atoms. The van der Waals surface area contributed by atoms with Crippen molar-refractivity contribution in [3.05, 3.63) is 23.8 Å². The van der Waals surface area contributed by atoms with Gasteiger partial charge in [0.1, 0.15) is 0 Å². The molecule has 0 fully saturated rings. The zero-order valence-electron chi connectivity index (χ0n) is 10.4. The molecule has 1 aliphatic rings. The van der Waals surface area contributed by atoms with E-state index in [0.29, 0.717) is 17.1 Å². The molecule has 1 aliphatic heterocycles. The Morgan fingerprint density at radius 3 is 2.65 bits per heavy atom. The van der Waals surface area contributed by atoms with Gasteiger partial charge in [0.25, 0.3) is 0 Å². The van der Waals surface area contributed by atoms with Crippen LogP contribution in [-0.2, 0) is 0 Å². The van der Waals surface area contributed by atoms with E-state index >= 15 is 0 Å². The standard InChI is InChI=1S/C13H19N3O/c1-16-7-5-9(6-8-16)10-3-4-11(14)13(17-2)12(10)15/h3-5H,6-8,14-15H2,1-2H3. The van der Waals surface area contributed by atoms with Crippen LogP contribution in [0, 0.1) is 0 Å². The lowest BCUT2D eigenvalue weighted by atomic mass is 9.97. The molecule has 17 heavy (non-hydrogen) atoms. The van der Waals surface area contributed by atoms with Gasteiger partial charge in [0, 0.05) is 18.7 Å². The molecule has 4 heteroatoms. The molecule has 0 saturated carbocycles. The molecule has 0 aliphatic carbocycles. The van der Waals surface area contributed by atoms with Crippen LogP contribution in [-0.4, -0.2) is 32.1 Å². The molecule has 0 atom stereocenters. The van der Waals surface area contributed by atoms with Crippen molar-refractivity contribution < 1.29 is 4.74 Å². The van der Waals surface area contributed by atoms with Crippen molar-refractivity contribution in [2.24, 2.45) is 0 Å². The average Bonchev–Trinajstić information content (AvgIpc) is 2.31. The van der Waals surface area contributed by atoms with Gasteiger partial charge in [0.2, 0.25) is 0 Å². The van der Waals surface area contributed by atoms with Gasteiger partial charge in [-0.3, -0.25) is 0 Å². The minimum Gasteiger partial charge on any atom is -0.492 e. The molecule has 4 nitrogen and oxygen atoms in total. The highest BCUT2D eigenvalue weighted by molar-refractivity contribution is 5.83. The predicted octanol–water partition coefficient (Wildman–Crippen LogP) is 1.58. The largest absolute Gasteiger partial charge is 0.492 e. The van der Waals surface area contributed by atoms with Crippen LogP contribution in [0.25, 0.3) is 5.57 Å². The summed E-state index contributed by atoms with van der Waals surface area (Å²) in [5, 5.41) is 0. The van der Waals surface area contributed by atoms with Crippen molar-refractivity contribution >= 4 is 16.9 Å². The predicted molar refractivity (Wildman–Crippen MR) is 71.9 cm³/mol. The van der Waals surface area contributed by atoms with Crippen LogP contribution in [0.5, 0.6) is 5.75 Å². The second kappa shape index (κ2) is 4.67. The Hall–Kier alpha value is -1.68. The van der Waals surface area contributed by atoms with Gasteiger partial charge in [-0.1, -0.05) is 12.1 Å². The van der Waals surface area contributed by atoms with Crippen LogP contribution in [0.2, 0.25) is 0 Å². The third-order valence-corrected chi connectivity index (χ3v) is 3.19. The molecule has 2 rings (SSSR count). The molecule has 92 valence electrons. The highest BCUT2D eigenvalue weighted by atomic mass is 16.5. The van der Waals surface area contributed by atoms with Crippen molar-refractivity contribution in [1.29, 1.82) is 0 Å². The number of likely N-dealkylation sites (N-methyl/N-ethyl adjacent to an activating group) is 1. The number of nitrogens with zero attached hydrogens (tertiary/aromatic N) is 1. The van der Waals surface area contributed by atoms with Crippen LogP contribution in [0.15, 0.2) is 18.2 Å². The maximum Gasteiger partial charge on any atom is 0.165 e. The first kappa shape index (κ1) is 11.8. The molecule has 1 aromatic rings. The molecule has 1 aromatic carbocycles. The Kier molecular flexibility index (Phi) is 3.24. The van der Waals surface area contributed by atoms with E-state index in [1.807, 2.05) is 12.1 Å². The van der Waals surface area contributed by atoms with Crippen molar-refractivity contribution in [3.8, 4) is 5.75 Å². The van der Waals surface area contributed by atoms with Crippen LogP contribution >= 0.6 is 0 Å². The SMILES string of the molecule is COc1c(N)ccc(C2=CCN(C)CC2)c1N. The van der Waals surface area contributed by atoms with Gasteiger partial charge < -0.3 is 21.1 Å². The second-order valence-electron chi connectivity index (χ2n) is 4.39. The highest BCUT2D eigenvalue weighted by Crippen LogP contribution is 2.36. The lowest BCUT2D eigenvalue weighted by molar-refractivity contribution is 0.370. The maximum absolute atomic E-state index is 6.10. The fourth-order valence-corrected chi connectivity index (χ4v) is 2.14. The number of hydrogen-bond acceptors (Lipinski definition) is 4. The summed E-state index contributed by atoms with van der Waals surface area (Å²) < 4.78 is 5.24. The van der Waals surface area contributed by atoms with E-state index in [9.17, 15) is 0 Å². The molecule has 0 aromatic heterocycles. The Bertz CT molecular complexity index is 454. The van der Waals surface area contributed by atoms with Gasteiger partial charge in [-0.15, -0.1) is 0 Å². The van der Waals surface area contributed by atoms with Gasteiger partial charge in [-0.05, 0) is 25.1 Å². The van der Waals surface area contributed by atoms with E-state index in [1.54, 1.807) is 7.11 Å². The fourth-order valence-electron chi connectivity index (χ4n) is 2.14. The number of rotatable bonds is 2. The highest BCUT2D eigenvalue weighted by Gasteiger charge is 2.15. The molecule has 1 heterocycles. The number of nitrogens with two attached hydrogens (primary N) is 2. The first-order valence-corrected chi connectivity index (χ1v) is 5.73. The molecule has 0 unspecified atom stereocenters. The monoisotopic (exact) mass is 233 g/mol. The van der Waals surface area contributed by atoms with Gasteiger partial charge in [0.05, 0.1) is 18.5 Å². The summed E-state index contributed by atoms with van der Waals surface area (Å²) in [6.07, 6.45) is 3.22. The van der Waals surface area contributed by atoms with Gasteiger partial charge in [0.15, 0.2) is 5.75 Å². The van der Waals surface area contributed by atoms with Gasteiger partial charge in [-0.2, -0.15) is 0 Å². The van der Waals surface area contributed by atoms with Gasteiger partial charge in [-0.25, -0.2) is 0 Å². The van der Waals surface area contributed by atoms with E-state index < -0.39 is 0 Å². The van der Waals surface area contributed by atoms with Crippen LogP contribution < -0.4 is 16.2 Å². The summed E-state index contributed by atoms with van der Waals surface area (Å²) in [6, 6.07) is 3.83.